The molecule has 0 bridgehead atoms. The Morgan fingerprint density at radius 2 is 2.00 bits per heavy atom. The van der Waals surface area contributed by atoms with Crippen LogP contribution in [-0.2, 0) is 4.79 Å². The first-order chi connectivity index (χ1) is 7.81. The molecular weight excluding hydrogens is 196 g/mol. The highest BCUT2D eigenvalue weighted by Gasteiger charge is 2.26. The zero-order chi connectivity index (χ0) is 11.4. The predicted molar refractivity (Wildman–Crippen MR) is 66.4 cm³/mol. The molecule has 0 saturated heterocycles. The third-order valence-corrected chi connectivity index (χ3v) is 3.75. The van der Waals surface area contributed by atoms with E-state index in [1.165, 1.54) is 18.4 Å². The van der Waals surface area contributed by atoms with E-state index in [9.17, 15) is 4.79 Å². The SMILES string of the molecule is CCC(=O)C1CCCC(c2ccccc2)C1. The third kappa shape index (κ3) is 2.52. The summed E-state index contributed by atoms with van der Waals surface area (Å²) in [6.07, 6.45) is 5.33. The lowest BCUT2D eigenvalue weighted by Gasteiger charge is -2.28. The van der Waals surface area contributed by atoms with Gasteiger partial charge in [-0.05, 0) is 30.7 Å². The quantitative estimate of drug-likeness (QED) is 0.748. The van der Waals surface area contributed by atoms with Gasteiger partial charge >= 0.3 is 0 Å². The lowest BCUT2D eigenvalue weighted by molar-refractivity contribution is -0.123. The van der Waals surface area contributed by atoms with Gasteiger partial charge in [-0.1, -0.05) is 43.7 Å². The molecule has 1 aliphatic carbocycles. The molecular formula is C15H20O. The van der Waals surface area contributed by atoms with Crippen molar-refractivity contribution in [3.05, 3.63) is 35.9 Å². The minimum absolute atomic E-state index is 0.323. The maximum absolute atomic E-state index is 11.7. The Morgan fingerprint density at radius 1 is 1.25 bits per heavy atom. The van der Waals surface area contributed by atoms with Crippen LogP contribution >= 0.6 is 0 Å². The molecule has 0 radical (unpaired) electrons. The number of Topliss-reactive ketones (excluding diaryl/α,β-unsaturated/α-hetero) is 1. The fraction of sp³-hybridized carbons (Fsp3) is 0.533. The molecule has 16 heavy (non-hydrogen) atoms. The molecule has 1 aromatic rings. The second kappa shape index (κ2) is 5.29. The zero-order valence-electron chi connectivity index (χ0n) is 9.99. The van der Waals surface area contributed by atoms with Crippen LogP contribution < -0.4 is 0 Å². The Hall–Kier alpha value is -1.11. The average Bonchev–Trinajstić information content (AvgIpc) is 2.39. The highest BCUT2D eigenvalue weighted by Crippen LogP contribution is 2.36. The van der Waals surface area contributed by atoms with Crippen molar-refractivity contribution in [2.75, 3.05) is 0 Å². The Morgan fingerprint density at radius 3 is 2.69 bits per heavy atom. The van der Waals surface area contributed by atoms with Gasteiger partial charge in [0.15, 0.2) is 0 Å². The van der Waals surface area contributed by atoms with Gasteiger partial charge in [-0.2, -0.15) is 0 Å². The number of hydrogen-bond acceptors (Lipinski definition) is 1. The molecule has 2 unspecified atom stereocenters. The molecule has 1 saturated carbocycles. The summed E-state index contributed by atoms with van der Waals surface area (Å²) in [7, 11) is 0. The lowest BCUT2D eigenvalue weighted by Crippen LogP contribution is -2.21. The first-order valence-corrected chi connectivity index (χ1v) is 6.39. The van der Waals surface area contributed by atoms with E-state index in [2.05, 4.69) is 30.3 Å². The van der Waals surface area contributed by atoms with Gasteiger partial charge < -0.3 is 0 Å². The third-order valence-electron chi connectivity index (χ3n) is 3.75. The smallest absolute Gasteiger partial charge is 0.135 e. The van der Waals surface area contributed by atoms with Crippen molar-refractivity contribution in [1.82, 2.24) is 0 Å². The van der Waals surface area contributed by atoms with Gasteiger partial charge in [-0.15, -0.1) is 0 Å². The highest BCUT2D eigenvalue weighted by atomic mass is 16.1. The fourth-order valence-corrected chi connectivity index (χ4v) is 2.80. The summed E-state index contributed by atoms with van der Waals surface area (Å²) in [4.78, 5) is 11.7. The first-order valence-electron chi connectivity index (χ1n) is 6.39. The molecule has 0 heterocycles. The Kier molecular flexibility index (Phi) is 3.76. The van der Waals surface area contributed by atoms with Crippen LogP contribution in [0.25, 0.3) is 0 Å². The van der Waals surface area contributed by atoms with E-state index in [-0.39, 0.29) is 0 Å². The summed E-state index contributed by atoms with van der Waals surface area (Å²) in [6.45, 7) is 1.98. The predicted octanol–water partition coefficient (Wildman–Crippen LogP) is 3.94. The summed E-state index contributed by atoms with van der Waals surface area (Å²) < 4.78 is 0. The number of rotatable bonds is 3. The molecule has 0 spiro atoms. The van der Waals surface area contributed by atoms with Crippen molar-refractivity contribution in [2.45, 2.75) is 44.9 Å². The van der Waals surface area contributed by atoms with Gasteiger partial charge in [0.1, 0.15) is 5.78 Å². The monoisotopic (exact) mass is 216 g/mol. The van der Waals surface area contributed by atoms with E-state index >= 15 is 0 Å². The standard InChI is InChI=1S/C15H20O/c1-2-15(16)14-10-6-9-13(11-14)12-7-4-3-5-8-12/h3-5,7-8,13-14H,2,6,9-11H2,1H3. The van der Waals surface area contributed by atoms with Crippen molar-refractivity contribution in [1.29, 1.82) is 0 Å². The Labute approximate surface area is 97.9 Å². The maximum Gasteiger partial charge on any atom is 0.135 e. The summed E-state index contributed by atoms with van der Waals surface area (Å²) >= 11 is 0. The molecule has 2 atom stereocenters. The number of ketones is 1. The zero-order valence-corrected chi connectivity index (χ0v) is 9.99. The van der Waals surface area contributed by atoms with Gasteiger partial charge in [-0.25, -0.2) is 0 Å². The minimum Gasteiger partial charge on any atom is -0.299 e. The van der Waals surface area contributed by atoms with Crippen molar-refractivity contribution >= 4 is 5.78 Å². The van der Waals surface area contributed by atoms with E-state index in [0.29, 0.717) is 24.0 Å². The average molecular weight is 216 g/mol. The second-order valence-electron chi connectivity index (χ2n) is 4.79. The topological polar surface area (TPSA) is 17.1 Å². The van der Waals surface area contributed by atoms with E-state index < -0.39 is 0 Å². The molecule has 1 aromatic carbocycles. The summed E-state index contributed by atoms with van der Waals surface area (Å²) in [5.74, 6) is 1.39. The number of hydrogen-bond donors (Lipinski definition) is 0. The van der Waals surface area contributed by atoms with Crippen molar-refractivity contribution < 1.29 is 4.79 Å². The molecule has 86 valence electrons. The van der Waals surface area contributed by atoms with Crippen LogP contribution in [0.15, 0.2) is 30.3 Å². The Bertz CT molecular complexity index is 342. The minimum atomic E-state index is 0.323. The summed E-state index contributed by atoms with van der Waals surface area (Å²) in [5.41, 5.74) is 1.41. The fourth-order valence-electron chi connectivity index (χ4n) is 2.80. The van der Waals surface area contributed by atoms with Crippen LogP contribution in [0.4, 0.5) is 0 Å². The van der Waals surface area contributed by atoms with Crippen molar-refractivity contribution in [3.8, 4) is 0 Å². The van der Waals surface area contributed by atoms with Crippen LogP contribution in [0.2, 0.25) is 0 Å². The molecule has 1 fully saturated rings. The number of benzene rings is 1. The van der Waals surface area contributed by atoms with E-state index in [1.807, 2.05) is 6.92 Å². The number of carbonyl (C=O) groups is 1. The van der Waals surface area contributed by atoms with Crippen LogP contribution in [0.3, 0.4) is 0 Å². The van der Waals surface area contributed by atoms with Crippen molar-refractivity contribution in [3.63, 3.8) is 0 Å². The largest absolute Gasteiger partial charge is 0.299 e. The normalized spacial score (nSPS) is 25.3. The molecule has 0 aliphatic heterocycles. The molecule has 0 N–H and O–H groups in total. The molecule has 1 nitrogen and oxygen atoms in total. The highest BCUT2D eigenvalue weighted by molar-refractivity contribution is 5.80. The molecule has 0 amide bonds. The Balaban J connectivity index is 2.05. The van der Waals surface area contributed by atoms with Gasteiger partial charge in [0.05, 0.1) is 0 Å². The van der Waals surface area contributed by atoms with E-state index in [1.54, 1.807) is 0 Å². The first kappa shape index (κ1) is 11.4. The van der Waals surface area contributed by atoms with Gasteiger partial charge in [0, 0.05) is 12.3 Å². The number of carbonyl (C=O) groups excluding carboxylic acids is 1. The second-order valence-corrected chi connectivity index (χ2v) is 4.79. The van der Waals surface area contributed by atoms with Gasteiger partial charge in [0.2, 0.25) is 0 Å². The summed E-state index contributed by atoms with van der Waals surface area (Å²) in [6, 6.07) is 10.6. The van der Waals surface area contributed by atoms with Crippen LogP contribution in [0.1, 0.15) is 50.5 Å². The van der Waals surface area contributed by atoms with Crippen LogP contribution in [0.5, 0.6) is 0 Å². The van der Waals surface area contributed by atoms with E-state index in [0.717, 1.165) is 12.8 Å². The maximum atomic E-state index is 11.7. The molecule has 1 heteroatoms. The molecule has 1 aliphatic rings. The van der Waals surface area contributed by atoms with E-state index in [4.69, 9.17) is 0 Å². The lowest BCUT2D eigenvalue weighted by atomic mass is 9.76. The van der Waals surface area contributed by atoms with Crippen LogP contribution in [0, 0.1) is 5.92 Å². The van der Waals surface area contributed by atoms with Gasteiger partial charge in [-0.3, -0.25) is 4.79 Å². The van der Waals surface area contributed by atoms with Gasteiger partial charge in [0.25, 0.3) is 0 Å². The van der Waals surface area contributed by atoms with Crippen LogP contribution in [-0.4, -0.2) is 5.78 Å². The summed E-state index contributed by atoms with van der Waals surface area (Å²) in [5, 5.41) is 0. The molecule has 0 aromatic heterocycles. The van der Waals surface area contributed by atoms with Crippen molar-refractivity contribution in [2.24, 2.45) is 5.92 Å². The molecule has 2 rings (SSSR count).